The van der Waals surface area contributed by atoms with E-state index in [0.717, 1.165) is 19.6 Å². The summed E-state index contributed by atoms with van der Waals surface area (Å²) in [4.78, 5) is 0. The molecule has 0 aliphatic heterocycles. The Bertz CT molecular complexity index is 294. The average Bonchev–Trinajstić information content (AvgIpc) is 2.45. The van der Waals surface area contributed by atoms with E-state index in [-0.39, 0.29) is 5.60 Å². The van der Waals surface area contributed by atoms with Crippen molar-refractivity contribution in [2.45, 2.75) is 85.7 Å². The Morgan fingerprint density at radius 3 is 2.32 bits per heavy atom. The van der Waals surface area contributed by atoms with Crippen LogP contribution in [0, 0.1) is 11.8 Å². The summed E-state index contributed by atoms with van der Waals surface area (Å²) >= 11 is 0. The number of rotatable bonds is 13. The monoisotopic (exact) mass is 312 g/mol. The Morgan fingerprint density at radius 1 is 1.09 bits per heavy atom. The lowest BCUT2D eigenvalue weighted by Gasteiger charge is -2.27. The van der Waals surface area contributed by atoms with Crippen LogP contribution < -0.4 is 0 Å². The highest BCUT2D eigenvalue weighted by Crippen LogP contribution is 2.22. The summed E-state index contributed by atoms with van der Waals surface area (Å²) in [6.45, 7) is 15.2. The third kappa shape index (κ3) is 12.2. The fourth-order valence-corrected chi connectivity index (χ4v) is 2.53. The molecular weight excluding hydrogens is 272 g/mol. The van der Waals surface area contributed by atoms with Crippen molar-refractivity contribution in [2.24, 2.45) is 11.8 Å². The first-order chi connectivity index (χ1) is 10.3. The summed E-state index contributed by atoms with van der Waals surface area (Å²) in [6, 6.07) is 0. The number of allylic oxidation sites excluding steroid dienone is 2. The smallest absolute Gasteiger partial charge is 0.0626 e. The first kappa shape index (κ1) is 21.7. The van der Waals surface area contributed by atoms with E-state index in [1.165, 1.54) is 37.7 Å². The minimum Gasteiger partial charge on any atom is -0.384 e. The quantitative estimate of drug-likeness (QED) is 0.388. The predicted octanol–water partition coefficient (Wildman–Crippen LogP) is 6.01. The van der Waals surface area contributed by atoms with Gasteiger partial charge in [0.15, 0.2) is 0 Å². The Kier molecular flexibility index (Phi) is 11.9. The molecule has 0 aliphatic rings. The second-order valence-electron chi connectivity index (χ2n) is 7.61. The minimum absolute atomic E-state index is 0.00374. The van der Waals surface area contributed by atoms with Crippen LogP contribution in [0.4, 0.5) is 0 Å². The molecule has 0 heterocycles. The van der Waals surface area contributed by atoms with Crippen LogP contribution >= 0.6 is 0 Å². The highest BCUT2D eigenvalue weighted by Gasteiger charge is 2.19. The van der Waals surface area contributed by atoms with E-state index in [1.807, 2.05) is 0 Å². The largest absolute Gasteiger partial charge is 0.384 e. The summed E-state index contributed by atoms with van der Waals surface area (Å²) in [5.74, 6) is 1.28. The minimum atomic E-state index is -0.00374. The van der Waals surface area contributed by atoms with Crippen LogP contribution in [0.15, 0.2) is 11.6 Å². The number of hydrogen-bond donors (Lipinski definition) is 0. The molecule has 22 heavy (non-hydrogen) atoms. The van der Waals surface area contributed by atoms with Gasteiger partial charge in [-0.25, -0.2) is 0 Å². The van der Waals surface area contributed by atoms with Crippen LogP contribution in [-0.4, -0.2) is 25.9 Å². The second kappa shape index (κ2) is 12.1. The number of hydrogen-bond acceptors (Lipinski definition) is 2. The van der Waals surface area contributed by atoms with E-state index in [0.29, 0.717) is 11.8 Å². The number of ether oxygens (including phenoxy) is 2. The third-order valence-electron chi connectivity index (χ3n) is 4.40. The van der Waals surface area contributed by atoms with Gasteiger partial charge in [0.2, 0.25) is 0 Å². The van der Waals surface area contributed by atoms with Gasteiger partial charge in [0.05, 0.1) is 5.60 Å². The lowest BCUT2D eigenvalue weighted by molar-refractivity contribution is -0.0412. The summed E-state index contributed by atoms with van der Waals surface area (Å²) in [7, 11) is 1.78. The van der Waals surface area contributed by atoms with E-state index in [2.05, 4.69) is 47.6 Å². The standard InChI is InChI=1S/C20H40O2/c1-8-17(2)11-9-12-19(4)16-22-20(5,6)14-10-13-18(3)15-21-7/h11,18-19H,8-10,12-16H2,1-7H3/b17-11+. The summed E-state index contributed by atoms with van der Waals surface area (Å²) in [5.41, 5.74) is 1.49. The molecule has 0 amide bonds. The maximum atomic E-state index is 6.16. The zero-order chi connectivity index (χ0) is 17.0. The van der Waals surface area contributed by atoms with Crippen molar-refractivity contribution in [3.8, 4) is 0 Å². The van der Waals surface area contributed by atoms with Gasteiger partial charge < -0.3 is 9.47 Å². The van der Waals surface area contributed by atoms with Crippen LogP contribution in [0.2, 0.25) is 0 Å². The summed E-state index contributed by atoms with van der Waals surface area (Å²) in [5, 5.41) is 0. The molecule has 2 nitrogen and oxygen atoms in total. The average molecular weight is 313 g/mol. The van der Waals surface area contributed by atoms with Gasteiger partial charge in [0.25, 0.3) is 0 Å². The Morgan fingerprint density at radius 2 is 1.73 bits per heavy atom. The van der Waals surface area contributed by atoms with E-state index >= 15 is 0 Å². The van der Waals surface area contributed by atoms with E-state index < -0.39 is 0 Å². The van der Waals surface area contributed by atoms with Crippen LogP contribution in [-0.2, 0) is 9.47 Å². The first-order valence-corrected chi connectivity index (χ1v) is 9.09. The van der Waals surface area contributed by atoms with Crippen molar-refractivity contribution < 1.29 is 9.47 Å². The summed E-state index contributed by atoms with van der Waals surface area (Å²) < 4.78 is 11.4. The van der Waals surface area contributed by atoms with Crippen molar-refractivity contribution in [1.29, 1.82) is 0 Å². The lowest BCUT2D eigenvalue weighted by atomic mass is 9.96. The van der Waals surface area contributed by atoms with Gasteiger partial charge >= 0.3 is 0 Å². The molecule has 0 saturated heterocycles. The molecule has 0 fully saturated rings. The van der Waals surface area contributed by atoms with Gasteiger partial charge in [-0.15, -0.1) is 0 Å². The molecule has 0 bridgehead atoms. The molecule has 0 spiro atoms. The highest BCUT2D eigenvalue weighted by atomic mass is 16.5. The van der Waals surface area contributed by atoms with Gasteiger partial charge in [-0.1, -0.05) is 38.8 Å². The van der Waals surface area contributed by atoms with Crippen LogP contribution in [0.1, 0.15) is 80.1 Å². The first-order valence-electron chi connectivity index (χ1n) is 9.09. The van der Waals surface area contributed by atoms with Gasteiger partial charge in [0, 0.05) is 20.3 Å². The van der Waals surface area contributed by atoms with Crippen LogP contribution in [0.25, 0.3) is 0 Å². The van der Waals surface area contributed by atoms with Crippen LogP contribution in [0.5, 0.6) is 0 Å². The number of methoxy groups -OCH3 is 1. The molecule has 0 aliphatic carbocycles. The normalized spacial score (nSPS) is 15.9. The molecule has 0 aromatic heterocycles. The van der Waals surface area contributed by atoms with Gasteiger partial charge in [0.1, 0.15) is 0 Å². The van der Waals surface area contributed by atoms with E-state index in [9.17, 15) is 0 Å². The molecule has 0 rings (SSSR count). The van der Waals surface area contributed by atoms with Gasteiger partial charge in [-0.3, -0.25) is 0 Å². The van der Waals surface area contributed by atoms with E-state index in [4.69, 9.17) is 9.47 Å². The molecule has 0 aromatic carbocycles. The molecular formula is C20H40O2. The zero-order valence-electron chi connectivity index (χ0n) is 16.2. The maximum Gasteiger partial charge on any atom is 0.0626 e. The van der Waals surface area contributed by atoms with Crippen LogP contribution in [0.3, 0.4) is 0 Å². The van der Waals surface area contributed by atoms with Crippen molar-refractivity contribution in [2.75, 3.05) is 20.3 Å². The molecule has 2 atom stereocenters. The fourth-order valence-electron chi connectivity index (χ4n) is 2.53. The molecule has 2 unspecified atom stereocenters. The molecule has 0 N–H and O–H groups in total. The zero-order valence-corrected chi connectivity index (χ0v) is 16.2. The molecule has 2 heteroatoms. The predicted molar refractivity (Wildman–Crippen MR) is 97.4 cm³/mol. The van der Waals surface area contributed by atoms with Crippen molar-refractivity contribution >= 4 is 0 Å². The Hall–Kier alpha value is -0.340. The summed E-state index contributed by atoms with van der Waals surface area (Å²) in [6.07, 6.45) is 9.50. The van der Waals surface area contributed by atoms with Gasteiger partial charge in [-0.2, -0.15) is 0 Å². The van der Waals surface area contributed by atoms with Crippen molar-refractivity contribution in [3.05, 3.63) is 11.6 Å². The fraction of sp³-hybridized carbons (Fsp3) is 0.900. The SMILES string of the molecule is CC/C(C)=C/CCC(C)COC(C)(C)CCCC(C)COC. The molecule has 0 saturated carbocycles. The second-order valence-corrected chi connectivity index (χ2v) is 7.61. The molecule has 0 radical (unpaired) electrons. The molecule has 0 aromatic rings. The molecule has 132 valence electrons. The maximum absolute atomic E-state index is 6.16. The van der Waals surface area contributed by atoms with Gasteiger partial charge in [-0.05, 0) is 64.7 Å². The third-order valence-corrected chi connectivity index (χ3v) is 4.40. The van der Waals surface area contributed by atoms with E-state index in [1.54, 1.807) is 7.11 Å². The topological polar surface area (TPSA) is 18.5 Å². The van der Waals surface area contributed by atoms with Crippen molar-refractivity contribution in [1.82, 2.24) is 0 Å². The Balaban J connectivity index is 3.85. The lowest BCUT2D eigenvalue weighted by Crippen LogP contribution is -2.27. The highest BCUT2D eigenvalue weighted by molar-refractivity contribution is 4.96. The van der Waals surface area contributed by atoms with Crippen molar-refractivity contribution in [3.63, 3.8) is 0 Å². The Labute approximate surface area is 139 Å².